The lowest BCUT2D eigenvalue weighted by molar-refractivity contribution is 0.102. The van der Waals surface area contributed by atoms with Crippen LogP contribution in [-0.4, -0.2) is 56.7 Å². The Balaban J connectivity index is 1.51. The van der Waals surface area contributed by atoms with Gasteiger partial charge in [0.05, 0.1) is 11.4 Å². The smallest absolute Gasteiger partial charge is 0.255 e. The summed E-state index contributed by atoms with van der Waals surface area (Å²) in [7, 11) is -3.26. The molecule has 2 aromatic carbocycles. The second-order valence-corrected chi connectivity index (χ2v) is 12.3. The molecule has 0 spiro atoms. The zero-order valence-corrected chi connectivity index (χ0v) is 23.2. The van der Waals surface area contributed by atoms with Gasteiger partial charge in [0.2, 0.25) is 0 Å². The van der Waals surface area contributed by atoms with Gasteiger partial charge in [-0.2, -0.15) is 0 Å². The minimum atomic E-state index is -3.26. The van der Waals surface area contributed by atoms with E-state index >= 15 is 0 Å². The number of piperidine rings is 1. The van der Waals surface area contributed by atoms with Crippen molar-refractivity contribution in [1.29, 1.82) is 0 Å². The summed E-state index contributed by atoms with van der Waals surface area (Å²) in [6.07, 6.45) is 6.57. The lowest BCUT2D eigenvalue weighted by Gasteiger charge is -2.26. The fourth-order valence-corrected chi connectivity index (χ4v) is 5.64. The molecule has 1 saturated heterocycles. The molecule has 9 heteroatoms. The number of rotatable bonds is 9. The van der Waals surface area contributed by atoms with E-state index in [9.17, 15) is 13.2 Å². The number of nitrogens with one attached hydrogen (secondary N) is 1. The molecule has 1 aromatic heterocycles. The molecule has 2 heterocycles. The van der Waals surface area contributed by atoms with E-state index in [0.29, 0.717) is 29.2 Å². The van der Waals surface area contributed by atoms with Crippen molar-refractivity contribution < 1.29 is 17.9 Å². The van der Waals surface area contributed by atoms with Gasteiger partial charge in [-0.3, -0.25) is 14.7 Å². The van der Waals surface area contributed by atoms with Crippen molar-refractivity contribution in [3.8, 4) is 17.0 Å². The molecule has 1 amide bonds. The first-order chi connectivity index (χ1) is 17.3. The van der Waals surface area contributed by atoms with E-state index in [4.69, 9.17) is 4.74 Å². The maximum atomic E-state index is 13.1. The number of hydrogen-bond acceptors (Lipinski definition) is 6. The number of carbonyl (C=O) groups excluding carboxylic acids is 1. The number of carbonyl (C=O) groups is 1. The largest absolute Gasteiger partial charge is 0.492 e. The number of sulfone groups is 1. The topological polar surface area (TPSA) is 88.6 Å². The van der Waals surface area contributed by atoms with Crippen molar-refractivity contribution in [2.24, 2.45) is 0 Å². The molecular formula is C27H30IN3O4S. The van der Waals surface area contributed by atoms with Gasteiger partial charge in [-0.05, 0) is 91.0 Å². The van der Waals surface area contributed by atoms with Gasteiger partial charge in [-0.15, -0.1) is 0 Å². The van der Waals surface area contributed by atoms with Crippen LogP contribution >= 0.6 is 22.6 Å². The van der Waals surface area contributed by atoms with Gasteiger partial charge in [0.15, 0.2) is 9.84 Å². The lowest BCUT2D eigenvalue weighted by atomic mass is 10.1. The minimum absolute atomic E-state index is 0.140. The first-order valence-electron chi connectivity index (χ1n) is 12.0. The van der Waals surface area contributed by atoms with Gasteiger partial charge in [-0.1, -0.05) is 18.6 Å². The fourth-order valence-electron chi connectivity index (χ4n) is 4.22. The third-order valence-corrected chi connectivity index (χ3v) is 7.80. The quantitative estimate of drug-likeness (QED) is 0.339. The predicted octanol–water partition coefficient (Wildman–Crippen LogP) is 5.01. The van der Waals surface area contributed by atoms with Gasteiger partial charge < -0.3 is 10.1 Å². The number of ether oxygens (including phenoxy) is 1. The van der Waals surface area contributed by atoms with Gasteiger partial charge in [0.1, 0.15) is 12.4 Å². The molecule has 3 aromatic rings. The Morgan fingerprint density at radius 1 is 1.08 bits per heavy atom. The maximum Gasteiger partial charge on any atom is 0.255 e. The zero-order chi connectivity index (χ0) is 25.5. The number of likely N-dealkylation sites (tertiary alicyclic amines) is 1. The molecule has 190 valence electrons. The molecule has 1 fully saturated rings. The normalized spacial score (nSPS) is 14.4. The van der Waals surface area contributed by atoms with Crippen LogP contribution in [0.2, 0.25) is 0 Å². The Kier molecular flexibility index (Phi) is 8.97. The van der Waals surface area contributed by atoms with Crippen molar-refractivity contribution in [1.82, 2.24) is 9.88 Å². The molecule has 0 bridgehead atoms. The third kappa shape index (κ3) is 7.50. The SMILES string of the molecule is CS(=O)(=O)Cc1ccc(C(=O)Nc2ccc(I)c(-c3ccccn3)c2)cc1OCCN1CCCCC1. The van der Waals surface area contributed by atoms with Crippen LogP contribution in [0.15, 0.2) is 60.8 Å². The Labute approximate surface area is 226 Å². The number of aromatic nitrogens is 1. The number of anilines is 1. The Morgan fingerprint density at radius 3 is 2.61 bits per heavy atom. The first kappa shape index (κ1) is 26.6. The van der Waals surface area contributed by atoms with Crippen molar-refractivity contribution >= 4 is 44.0 Å². The highest BCUT2D eigenvalue weighted by atomic mass is 127. The van der Waals surface area contributed by atoms with Crippen molar-refractivity contribution in [3.05, 3.63) is 75.5 Å². The van der Waals surface area contributed by atoms with Crippen LogP contribution in [-0.2, 0) is 15.6 Å². The van der Waals surface area contributed by atoms with Crippen LogP contribution < -0.4 is 10.1 Å². The average molecular weight is 620 g/mol. The second-order valence-electron chi connectivity index (χ2n) is 9.01. The summed E-state index contributed by atoms with van der Waals surface area (Å²) >= 11 is 2.25. The molecule has 0 aliphatic carbocycles. The molecule has 7 nitrogen and oxygen atoms in total. The Hall–Kier alpha value is -2.50. The molecular weight excluding hydrogens is 589 g/mol. The van der Waals surface area contributed by atoms with E-state index in [0.717, 1.165) is 34.5 Å². The highest BCUT2D eigenvalue weighted by molar-refractivity contribution is 14.1. The highest BCUT2D eigenvalue weighted by Crippen LogP contribution is 2.28. The van der Waals surface area contributed by atoms with Gasteiger partial charge >= 0.3 is 0 Å². The Bertz CT molecular complexity index is 1310. The van der Waals surface area contributed by atoms with Crippen LogP contribution in [0.3, 0.4) is 0 Å². The monoisotopic (exact) mass is 619 g/mol. The van der Waals surface area contributed by atoms with Crippen LogP contribution in [0.1, 0.15) is 35.2 Å². The van der Waals surface area contributed by atoms with E-state index in [1.54, 1.807) is 24.4 Å². The van der Waals surface area contributed by atoms with Gasteiger partial charge in [-0.25, -0.2) is 8.42 Å². The minimum Gasteiger partial charge on any atom is -0.492 e. The summed E-state index contributed by atoms with van der Waals surface area (Å²) in [5, 5.41) is 2.95. The summed E-state index contributed by atoms with van der Waals surface area (Å²) in [6.45, 7) is 3.32. The number of amides is 1. The van der Waals surface area contributed by atoms with E-state index in [2.05, 4.69) is 37.8 Å². The van der Waals surface area contributed by atoms with Crippen molar-refractivity contribution in [2.45, 2.75) is 25.0 Å². The maximum absolute atomic E-state index is 13.1. The van der Waals surface area contributed by atoms with E-state index in [1.807, 2.05) is 36.4 Å². The van der Waals surface area contributed by atoms with E-state index in [1.165, 1.54) is 25.5 Å². The summed E-state index contributed by atoms with van der Waals surface area (Å²) in [6, 6.07) is 16.3. The standard InChI is InChI=1S/C27H30IN3O4S/c1-36(33,34)19-21-9-8-20(17-26(21)35-16-15-31-13-5-2-6-14-31)27(32)30-22-10-11-24(28)23(18-22)25-7-3-4-12-29-25/h3-4,7-12,17-18H,2,5-6,13-16,19H2,1H3,(H,30,32). The Morgan fingerprint density at radius 2 is 1.89 bits per heavy atom. The molecule has 36 heavy (non-hydrogen) atoms. The fraction of sp³-hybridized carbons (Fsp3) is 0.333. The molecule has 0 radical (unpaired) electrons. The molecule has 0 atom stereocenters. The summed E-state index contributed by atoms with van der Waals surface area (Å²) < 4.78 is 31.0. The molecule has 0 unspecified atom stereocenters. The second kappa shape index (κ2) is 12.2. The van der Waals surface area contributed by atoms with Crippen LogP contribution in [0, 0.1) is 3.57 Å². The summed E-state index contributed by atoms with van der Waals surface area (Å²) in [5.74, 6) is -0.00441. The van der Waals surface area contributed by atoms with Crippen molar-refractivity contribution in [3.63, 3.8) is 0 Å². The van der Waals surface area contributed by atoms with Crippen molar-refractivity contribution in [2.75, 3.05) is 37.8 Å². The molecule has 0 saturated carbocycles. The number of benzene rings is 2. The molecule has 4 rings (SSSR count). The third-order valence-electron chi connectivity index (χ3n) is 6.03. The number of halogens is 1. The van der Waals surface area contributed by atoms with E-state index < -0.39 is 9.84 Å². The summed E-state index contributed by atoms with van der Waals surface area (Å²) in [5.41, 5.74) is 3.36. The van der Waals surface area contributed by atoms with Crippen LogP contribution in [0.4, 0.5) is 5.69 Å². The highest BCUT2D eigenvalue weighted by Gasteiger charge is 2.16. The molecule has 1 aliphatic heterocycles. The van der Waals surface area contributed by atoms with E-state index in [-0.39, 0.29) is 11.7 Å². The van der Waals surface area contributed by atoms with Gasteiger partial charge in [0.25, 0.3) is 5.91 Å². The number of nitrogens with zero attached hydrogens (tertiary/aromatic N) is 2. The average Bonchev–Trinajstić information content (AvgIpc) is 2.86. The van der Waals surface area contributed by atoms with Crippen LogP contribution in [0.25, 0.3) is 11.3 Å². The van der Waals surface area contributed by atoms with Gasteiger partial charge in [0, 0.05) is 44.9 Å². The molecule has 1 N–H and O–H groups in total. The molecule has 1 aliphatic rings. The summed E-state index contributed by atoms with van der Waals surface area (Å²) in [4.78, 5) is 19.9. The predicted molar refractivity (Wildman–Crippen MR) is 151 cm³/mol. The number of hydrogen-bond donors (Lipinski definition) is 1. The zero-order valence-electron chi connectivity index (χ0n) is 20.2. The lowest BCUT2D eigenvalue weighted by Crippen LogP contribution is -2.33. The number of pyridine rings is 1. The van der Waals surface area contributed by atoms with Crippen LogP contribution in [0.5, 0.6) is 5.75 Å². The first-order valence-corrected chi connectivity index (χ1v) is 15.1.